The first-order valence-corrected chi connectivity index (χ1v) is 15.4. The Morgan fingerprint density at radius 1 is 0.800 bits per heavy atom. The molecule has 0 aromatic carbocycles. The van der Waals surface area contributed by atoms with Gasteiger partial charge in [-0.3, -0.25) is 9.59 Å². The zero-order chi connectivity index (χ0) is 22.4. The first-order chi connectivity index (χ1) is 14.4. The molecular formula is C22H42O5S2Si. The predicted molar refractivity (Wildman–Crippen MR) is 130 cm³/mol. The SMILES string of the molecule is CCO[Si](CCC1CCC(CCSC(C)=O)C(CCSC(C)=O)C1)(OCC)OCC. The van der Waals surface area contributed by atoms with Crippen LogP contribution in [0.5, 0.6) is 0 Å². The molecule has 0 aromatic heterocycles. The average Bonchev–Trinajstić information content (AvgIpc) is 2.68. The molecule has 1 aliphatic rings. The van der Waals surface area contributed by atoms with Gasteiger partial charge in [0, 0.05) is 51.2 Å². The first kappa shape index (κ1) is 28.2. The fourth-order valence-electron chi connectivity index (χ4n) is 4.51. The maximum absolute atomic E-state index is 11.4. The van der Waals surface area contributed by atoms with E-state index in [-0.39, 0.29) is 10.2 Å². The highest BCUT2D eigenvalue weighted by Gasteiger charge is 2.41. The van der Waals surface area contributed by atoms with E-state index in [1.807, 2.05) is 20.8 Å². The maximum atomic E-state index is 11.4. The van der Waals surface area contributed by atoms with Crippen LogP contribution >= 0.6 is 23.5 Å². The summed E-state index contributed by atoms with van der Waals surface area (Å²) in [5.41, 5.74) is 0. The average molecular weight is 479 g/mol. The molecule has 0 bridgehead atoms. The number of carbonyl (C=O) groups is 2. The van der Waals surface area contributed by atoms with E-state index in [4.69, 9.17) is 13.3 Å². The molecule has 176 valence electrons. The Morgan fingerprint density at radius 2 is 1.30 bits per heavy atom. The molecule has 0 aliphatic heterocycles. The Balaban J connectivity index is 2.67. The van der Waals surface area contributed by atoms with Gasteiger partial charge in [-0.2, -0.15) is 0 Å². The first-order valence-electron chi connectivity index (χ1n) is 11.5. The van der Waals surface area contributed by atoms with Crippen LogP contribution in [0.25, 0.3) is 0 Å². The van der Waals surface area contributed by atoms with Crippen LogP contribution in [0, 0.1) is 17.8 Å². The molecule has 1 fully saturated rings. The van der Waals surface area contributed by atoms with Crippen molar-refractivity contribution in [2.24, 2.45) is 17.8 Å². The summed E-state index contributed by atoms with van der Waals surface area (Å²) in [6, 6.07) is 0.882. The van der Waals surface area contributed by atoms with Gasteiger partial charge in [0.15, 0.2) is 10.2 Å². The minimum absolute atomic E-state index is 0.201. The summed E-state index contributed by atoms with van der Waals surface area (Å²) in [7, 11) is -2.58. The highest BCUT2D eigenvalue weighted by atomic mass is 32.2. The predicted octanol–water partition coefficient (Wildman–Crippen LogP) is 5.80. The van der Waals surface area contributed by atoms with Crippen LogP contribution in [0.2, 0.25) is 6.04 Å². The van der Waals surface area contributed by atoms with Gasteiger partial charge in [0.05, 0.1) is 0 Å². The van der Waals surface area contributed by atoms with E-state index < -0.39 is 8.80 Å². The lowest BCUT2D eigenvalue weighted by Crippen LogP contribution is -2.46. The van der Waals surface area contributed by atoms with E-state index in [9.17, 15) is 9.59 Å². The van der Waals surface area contributed by atoms with Crippen molar-refractivity contribution in [2.75, 3.05) is 31.3 Å². The van der Waals surface area contributed by atoms with Gasteiger partial charge in [0.2, 0.25) is 0 Å². The van der Waals surface area contributed by atoms with Crippen molar-refractivity contribution in [3.63, 3.8) is 0 Å². The Bertz CT molecular complexity index is 489. The Hall–Kier alpha value is 0.137. The third kappa shape index (κ3) is 11.1. The molecule has 0 aromatic rings. The smallest absolute Gasteiger partial charge is 0.374 e. The van der Waals surface area contributed by atoms with Gasteiger partial charge in [-0.05, 0) is 70.6 Å². The third-order valence-corrected chi connectivity index (χ3v) is 10.6. The molecule has 5 nitrogen and oxygen atoms in total. The van der Waals surface area contributed by atoms with Crippen molar-refractivity contribution in [3.05, 3.63) is 0 Å². The normalized spacial score (nSPS) is 22.2. The van der Waals surface area contributed by atoms with Crippen molar-refractivity contribution >= 4 is 42.6 Å². The summed E-state index contributed by atoms with van der Waals surface area (Å²) >= 11 is 2.89. The number of thioether (sulfide) groups is 2. The van der Waals surface area contributed by atoms with E-state index in [1.54, 1.807) is 13.8 Å². The number of carbonyl (C=O) groups excluding carboxylic acids is 2. The van der Waals surface area contributed by atoms with E-state index >= 15 is 0 Å². The molecular weight excluding hydrogens is 436 g/mol. The summed E-state index contributed by atoms with van der Waals surface area (Å²) in [6.07, 6.45) is 6.90. The van der Waals surface area contributed by atoms with Crippen LogP contribution in [-0.2, 0) is 22.9 Å². The highest BCUT2D eigenvalue weighted by Crippen LogP contribution is 2.41. The van der Waals surface area contributed by atoms with Gasteiger partial charge in [-0.25, -0.2) is 0 Å². The molecule has 1 rings (SSSR count). The second kappa shape index (κ2) is 15.9. The molecule has 30 heavy (non-hydrogen) atoms. The quantitative estimate of drug-likeness (QED) is 0.276. The molecule has 0 spiro atoms. The number of hydrogen-bond donors (Lipinski definition) is 0. The number of rotatable bonds is 15. The van der Waals surface area contributed by atoms with E-state index in [2.05, 4.69) is 0 Å². The van der Waals surface area contributed by atoms with Gasteiger partial charge >= 0.3 is 8.80 Å². The Kier molecular flexibility index (Phi) is 14.9. The van der Waals surface area contributed by atoms with Crippen LogP contribution in [0.15, 0.2) is 0 Å². The fourth-order valence-corrected chi connectivity index (χ4v) is 8.69. The van der Waals surface area contributed by atoms with Gasteiger partial charge in [-0.1, -0.05) is 29.9 Å². The lowest BCUT2D eigenvalue weighted by molar-refractivity contribution is -0.109. The van der Waals surface area contributed by atoms with E-state index in [1.165, 1.54) is 42.8 Å². The van der Waals surface area contributed by atoms with Crippen molar-refractivity contribution in [2.45, 2.75) is 79.2 Å². The number of hydrogen-bond acceptors (Lipinski definition) is 7. The van der Waals surface area contributed by atoms with Gasteiger partial charge in [0.1, 0.15) is 0 Å². The van der Waals surface area contributed by atoms with Gasteiger partial charge < -0.3 is 13.3 Å². The van der Waals surface area contributed by atoms with Crippen LogP contribution in [0.1, 0.15) is 73.1 Å². The minimum Gasteiger partial charge on any atom is -0.374 e. The van der Waals surface area contributed by atoms with Crippen molar-refractivity contribution in [1.82, 2.24) is 0 Å². The summed E-state index contributed by atoms with van der Waals surface area (Å²) in [4.78, 5) is 22.7. The Labute approximate surface area is 193 Å². The standard InChI is InChI=1S/C22H42O5S2Si/c1-6-25-30(26-7-2,27-8-3)16-13-20-9-10-21(11-14-28-18(4)23)22(17-20)12-15-29-19(5)24/h20-22H,6-17H2,1-5H3. The molecule has 3 atom stereocenters. The molecule has 0 radical (unpaired) electrons. The summed E-state index contributed by atoms with van der Waals surface area (Å²) in [5, 5.41) is 0.406. The molecule has 0 heterocycles. The summed E-state index contributed by atoms with van der Waals surface area (Å²) in [5.74, 6) is 3.76. The summed E-state index contributed by atoms with van der Waals surface area (Å²) in [6.45, 7) is 11.2. The maximum Gasteiger partial charge on any atom is 0.500 e. The van der Waals surface area contributed by atoms with Crippen LogP contribution in [0.3, 0.4) is 0 Å². The van der Waals surface area contributed by atoms with Crippen molar-refractivity contribution in [1.29, 1.82) is 0 Å². The van der Waals surface area contributed by atoms with Gasteiger partial charge in [-0.15, -0.1) is 0 Å². The largest absolute Gasteiger partial charge is 0.500 e. The monoisotopic (exact) mass is 478 g/mol. The van der Waals surface area contributed by atoms with Crippen LogP contribution in [0.4, 0.5) is 0 Å². The molecule has 0 N–H and O–H groups in total. The lowest BCUT2D eigenvalue weighted by Gasteiger charge is -2.37. The fraction of sp³-hybridized carbons (Fsp3) is 0.909. The third-order valence-electron chi connectivity index (χ3n) is 5.79. The second-order valence-electron chi connectivity index (χ2n) is 7.98. The molecule has 1 aliphatic carbocycles. The summed E-state index contributed by atoms with van der Waals surface area (Å²) < 4.78 is 18.1. The highest BCUT2D eigenvalue weighted by molar-refractivity contribution is 8.13. The zero-order valence-corrected chi connectivity index (χ0v) is 22.2. The van der Waals surface area contributed by atoms with Gasteiger partial charge in [0.25, 0.3) is 0 Å². The van der Waals surface area contributed by atoms with E-state index in [0.29, 0.717) is 37.6 Å². The Morgan fingerprint density at radius 3 is 1.77 bits per heavy atom. The van der Waals surface area contributed by atoms with Crippen LogP contribution in [-0.4, -0.2) is 50.4 Å². The zero-order valence-electron chi connectivity index (χ0n) is 19.6. The molecule has 0 saturated heterocycles. The second-order valence-corrected chi connectivity index (χ2v) is 13.3. The van der Waals surface area contributed by atoms with Crippen molar-refractivity contribution in [3.8, 4) is 0 Å². The molecule has 0 amide bonds. The molecule has 3 unspecified atom stereocenters. The molecule has 1 saturated carbocycles. The van der Waals surface area contributed by atoms with E-state index in [0.717, 1.165) is 36.8 Å². The topological polar surface area (TPSA) is 61.8 Å². The lowest BCUT2D eigenvalue weighted by atomic mass is 9.71. The van der Waals surface area contributed by atoms with Crippen LogP contribution < -0.4 is 0 Å². The minimum atomic E-state index is -2.58. The van der Waals surface area contributed by atoms with Crippen molar-refractivity contribution < 1.29 is 22.9 Å². The molecule has 8 heteroatoms.